The third-order valence-corrected chi connectivity index (χ3v) is 6.46. The topological polar surface area (TPSA) is 86.7 Å². The van der Waals surface area contributed by atoms with Crippen LogP contribution in [0.3, 0.4) is 0 Å². The van der Waals surface area contributed by atoms with Gasteiger partial charge in [0.15, 0.2) is 0 Å². The number of carboxylic acids is 1. The number of likely N-dealkylation sites (N-methyl/N-ethyl adjacent to an activating group) is 1. The van der Waals surface area contributed by atoms with E-state index in [9.17, 15) is 13.2 Å². The minimum atomic E-state index is -3.19. The zero-order valence-electron chi connectivity index (χ0n) is 13.3. The summed E-state index contributed by atoms with van der Waals surface area (Å²) in [6, 6.07) is 0.157. The number of sulfonamides is 1. The minimum Gasteiger partial charge on any atom is -0.480 e. The van der Waals surface area contributed by atoms with Crippen molar-refractivity contribution in [1.29, 1.82) is 0 Å². The Morgan fingerprint density at radius 1 is 1.27 bits per heavy atom. The van der Waals surface area contributed by atoms with E-state index in [2.05, 4.69) is 4.72 Å². The fourth-order valence-electron chi connectivity index (χ4n) is 3.59. The maximum absolute atomic E-state index is 12.1. The molecule has 22 heavy (non-hydrogen) atoms. The summed E-state index contributed by atoms with van der Waals surface area (Å²) in [6.07, 6.45) is 7.00. The normalized spacial score (nSPS) is 26.3. The predicted molar refractivity (Wildman–Crippen MR) is 85.2 cm³/mol. The molecule has 0 aromatic rings. The van der Waals surface area contributed by atoms with E-state index in [1.165, 1.54) is 25.7 Å². The van der Waals surface area contributed by atoms with Crippen LogP contribution in [0.5, 0.6) is 0 Å². The highest BCUT2D eigenvalue weighted by Crippen LogP contribution is 2.29. The van der Waals surface area contributed by atoms with Gasteiger partial charge in [-0.15, -0.1) is 0 Å². The zero-order valence-corrected chi connectivity index (χ0v) is 14.1. The fraction of sp³-hybridized carbons (Fsp3) is 0.933. The van der Waals surface area contributed by atoms with Gasteiger partial charge in [0, 0.05) is 12.1 Å². The monoisotopic (exact) mass is 332 g/mol. The van der Waals surface area contributed by atoms with Crippen LogP contribution in [0.25, 0.3) is 0 Å². The number of aliphatic carboxylic acids is 1. The largest absolute Gasteiger partial charge is 0.480 e. The Hall–Kier alpha value is -0.660. The molecule has 0 unspecified atom stereocenters. The molecule has 0 atom stereocenters. The summed E-state index contributed by atoms with van der Waals surface area (Å²) in [6.45, 7) is 2.64. The number of hydrogen-bond donors (Lipinski definition) is 2. The highest BCUT2D eigenvalue weighted by Gasteiger charge is 2.36. The molecule has 0 aromatic carbocycles. The van der Waals surface area contributed by atoms with Crippen LogP contribution >= 0.6 is 0 Å². The van der Waals surface area contributed by atoms with E-state index in [1.54, 1.807) is 0 Å². The second-order valence-corrected chi connectivity index (χ2v) is 8.53. The number of carbonyl (C=O) groups is 1. The molecule has 2 fully saturated rings. The van der Waals surface area contributed by atoms with Crippen molar-refractivity contribution < 1.29 is 18.3 Å². The Bertz CT molecular complexity index is 468. The number of nitrogens with zero attached hydrogens (tertiary/aromatic N) is 1. The Morgan fingerprint density at radius 2 is 1.91 bits per heavy atom. The maximum Gasteiger partial charge on any atom is 0.317 e. The fourth-order valence-corrected chi connectivity index (χ4v) is 5.05. The highest BCUT2D eigenvalue weighted by atomic mass is 32.2. The second kappa shape index (κ2) is 7.75. The van der Waals surface area contributed by atoms with Crippen molar-refractivity contribution in [1.82, 2.24) is 9.62 Å². The molecule has 0 amide bonds. The lowest BCUT2D eigenvalue weighted by Crippen LogP contribution is -2.55. The molecule has 0 radical (unpaired) electrons. The first kappa shape index (κ1) is 17.7. The molecular weight excluding hydrogens is 304 g/mol. The molecule has 2 aliphatic rings. The summed E-state index contributed by atoms with van der Waals surface area (Å²) in [4.78, 5) is 12.7. The van der Waals surface area contributed by atoms with E-state index < -0.39 is 16.0 Å². The molecule has 0 aliphatic heterocycles. The number of hydrogen-bond acceptors (Lipinski definition) is 4. The number of carboxylic acid groups (broad SMARTS) is 1. The molecule has 0 heterocycles. The summed E-state index contributed by atoms with van der Waals surface area (Å²) in [5.41, 5.74) is 0. The van der Waals surface area contributed by atoms with Gasteiger partial charge < -0.3 is 5.11 Å². The summed E-state index contributed by atoms with van der Waals surface area (Å²) < 4.78 is 27.0. The van der Waals surface area contributed by atoms with Crippen LogP contribution in [0.2, 0.25) is 0 Å². The molecule has 0 spiro atoms. The van der Waals surface area contributed by atoms with Crippen molar-refractivity contribution in [3.05, 3.63) is 0 Å². The van der Waals surface area contributed by atoms with E-state index in [4.69, 9.17) is 5.11 Å². The molecule has 0 aromatic heterocycles. The molecule has 0 bridgehead atoms. The van der Waals surface area contributed by atoms with Crippen LogP contribution in [-0.4, -0.2) is 55.3 Å². The van der Waals surface area contributed by atoms with Crippen LogP contribution in [0.15, 0.2) is 0 Å². The first-order chi connectivity index (χ1) is 10.4. The van der Waals surface area contributed by atoms with E-state index in [1.807, 2.05) is 11.8 Å². The first-order valence-electron chi connectivity index (χ1n) is 8.35. The standard InChI is InChI=1S/C15H28N2O4S/c1-2-17(11-15(18)19)14-9-13(10-14)16-22(20,21)8-7-12-5-3-4-6-12/h12-14,16H,2-11H2,1H3,(H,18,19). The Morgan fingerprint density at radius 3 is 2.45 bits per heavy atom. The molecule has 2 rings (SSSR count). The highest BCUT2D eigenvalue weighted by molar-refractivity contribution is 7.89. The second-order valence-electron chi connectivity index (χ2n) is 6.65. The van der Waals surface area contributed by atoms with Gasteiger partial charge in [-0.3, -0.25) is 9.69 Å². The summed E-state index contributed by atoms with van der Waals surface area (Å²) in [5.74, 6) is -0.0230. The van der Waals surface area contributed by atoms with Gasteiger partial charge in [0.1, 0.15) is 0 Å². The summed E-state index contributed by atoms with van der Waals surface area (Å²) in [7, 11) is -3.19. The average molecular weight is 332 g/mol. The smallest absolute Gasteiger partial charge is 0.317 e. The molecule has 2 aliphatic carbocycles. The quantitative estimate of drug-likeness (QED) is 0.667. The number of nitrogens with one attached hydrogen (secondary N) is 1. The van der Waals surface area contributed by atoms with Crippen LogP contribution < -0.4 is 4.72 Å². The molecule has 128 valence electrons. The van der Waals surface area contributed by atoms with Gasteiger partial charge in [0.25, 0.3) is 0 Å². The molecule has 0 saturated heterocycles. The Balaban J connectivity index is 1.70. The maximum atomic E-state index is 12.1. The molecule has 2 N–H and O–H groups in total. The third-order valence-electron chi connectivity index (χ3n) is 4.99. The lowest BCUT2D eigenvalue weighted by atomic mass is 9.86. The van der Waals surface area contributed by atoms with Crippen molar-refractivity contribution in [3.8, 4) is 0 Å². The average Bonchev–Trinajstić information content (AvgIpc) is 2.91. The van der Waals surface area contributed by atoms with Gasteiger partial charge >= 0.3 is 5.97 Å². The van der Waals surface area contributed by atoms with E-state index in [-0.39, 0.29) is 24.4 Å². The van der Waals surface area contributed by atoms with Crippen LogP contribution in [-0.2, 0) is 14.8 Å². The lowest BCUT2D eigenvalue weighted by Gasteiger charge is -2.42. The van der Waals surface area contributed by atoms with Gasteiger partial charge in [-0.05, 0) is 31.7 Å². The van der Waals surface area contributed by atoms with Crippen molar-refractivity contribution in [2.45, 2.75) is 64.0 Å². The van der Waals surface area contributed by atoms with E-state index in [0.717, 1.165) is 6.42 Å². The van der Waals surface area contributed by atoms with Gasteiger partial charge in [-0.25, -0.2) is 13.1 Å². The van der Waals surface area contributed by atoms with Crippen molar-refractivity contribution in [3.63, 3.8) is 0 Å². The van der Waals surface area contributed by atoms with E-state index in [0.29, 0.717) is 25.3 Å². The number of rotatable bonds is 9. The molecule has 6 nitrogen and oxygen atoms in total. The molecular formula is C15H28N2O4S. The van der Waals surface area contributed by atoms with Crippen molar-refractivity contribution in [2.75, 3.05) is 18.8 Å². The predicted octanol–water partition coefficient (Wildman–Crippen LogP) is 1.42. The molecule has 7 heteroatoms. The van der Waals surface area contributed by atoms with Gasteiger partial charge in [0.2, 0.25) is 10.0 Å². The first-order valence-corrected chi connectivity index (χ1v) is 10.0. The SMILES string of the molecule is CCN(CC(=O)O)C1CC(NS(=O)(=O)CCC2CCCC2)C1. The minimum absolute atomic E-state index is 0.0265. The van der Waals surface area contributed by atoms with Crippen molar-refractivity contribution >= 4 is 16.0 Å². The van der Waals surface area contributed by atoms with Gasteiger partial charge in [-0.2, -0.15) is 0 Å². The zero-order chi connectivity index (χ0) is 16.2. The van der Waals surface area contributed by atoms with Crippen LogP contribution in [0.4, 0.5) is 0 Å². The Kier molecular flexibility index (Phi) is 6.23. The third kappa shape index (κ3) is 5.21. The summed E-state index contributed by atoms with van der Waals surface area (Å²) in [5, 5.41) is 8.86. The lowest BCUT2D eigenvalue weighted by molar-refractivity contribution is -0.139. The van der Waals surface area contributed by atoms with Crippen molar-refractivity contribution in [2.24, 2.45) is 5.92 Å². The van der Waals surface area contributed by atoms with Crippen LogP contribution in [0.1, 0.15) is 51.9 Å². The summed E-state index contributed by atoms with van der Waals surface area (Å²) >= 11 is 0. The Labute approximate surface area is 133 Å². The van der Waals surface area contributed by atoms with Crippen LogP contribution in [0, 0.1) is 5.92 Å². The van der Waals surface area contributed by atoms with Gasteiger partial charge in [-0.1, -0.05) is 32.6 Å². The van der Waals surface area contributed by atoms with E-state index >= 15 is 0 Å². The molecule has 2 saturated carbocycles. The van der Waals surface area contributed by atoms with Gasteiger partial charge in [0.05, 0.1) is 12.3 Å².